The zero-order chi connectivity index (χ0) is 12.7. The molecule has 0 aromatic carbocycles. The van der Waals surface area contributed by atoms with Crippen molar-refractivity contribution in [2.45, 2.75) is 59.3 Å². The van der Waals surface area contributed by atoms with Crippen molar-refractivity contribution >= 4 is 0 Å². The number of rotatable bonds is 0. The van der Waals surface area contributed by atoms with Gasteiger partial charge in [-0.3, -0.25) is 0 Å². The Morgan fingerprint density at radius 3 is 1.44 bits per heavy atom. The van der Waals surface area contributed by atoms with E-state index in [1.54, 1.807) is 0 Å². The highest BCUT2D eigenvalue weighted by molar-refractivity contribution is 5.22. The van der Waals surface area contributed by atoms with Crippen molar-refractivity contribution in [2.75, 3.05) is 0 Å². The second kappa shape index (κ2) is 3.83. The third-order valence-electron chi connectivity index (χ3n) is 2.69. The molecule has 0 saturated carbocycles. The van der Waals surface area contributed by atoms with Crippen LogP contribution < -0.4 is 4.79 Å². The first kappa shape index (κ1) is 13.1. The average Bonchev–Trinajstić information content (AvgIpc) is 2.04. The summed E-state index contributed by atoms with van der Waals surface area (Å²) in [6, 6.07) is 3.85. The van der Waals surface area contributed by atoms with E-state index >= 15 is 0 Å². The molecule has 2 heteroatoms. The molecule has 0 atom stereocenters. The number of halogens is 1. The molecule has 1 aromatic heterocycles. The second-order valence-corrected chi connectivity index (χ2v) is 6.58. The summed E-state index contributed by atoms with van der Waals surface area (Å²) in [7, 11) is 0. The molecule has 0 unspecified atom stereocenters. The van der Waals surface area contributed by atoms with E-state index in [2.05, 4.69) is 0 Å². The van der Waals surface area contributed by atoms with Gasteiger partial charge in [-0.05, 0) is 12.5 Å². The van der Waals surface area contributed by atoms with Crippen LogP contribution in [0.4, 0.5) is 4.48 Å². The molecule has 1 aromatic rings. The van der Waals surface area contributed by atoms with Crippen LogP contribution in [0.2, 0.25) is 0 Å². The van der Waals surface area contributed by atoms with Crippen LogP contribution in [0.1, 0.15) is 58.5 Å². The maximum atomic E-state index is 14.4. The van der Waals surface area contributed by atoms with Crippen LogP contribution in [0.3, 0.4) is 0 Å². The van der Waals surface area contributed by atoms with Gasteiger partial charge in [0, 0.05) is 16.9 Å². The van der Waals surface area contributed by atoms with Crippen molar-refractivity contribution in [1.82, 2.24) is 0 Å². The van der Waals surface area contributed by atoms with Crippen LogP contribution in [0.5, 0.6) is 0 Å². The van der Waals surface area contributed by atoms with Gasteiger partial charge < -0.3 is 0 Å². The number of nitrogens with zero attached hydrogens (tertiary/aromatic N) is 1. The molecule has 1 heterocycles. The quantitative estimate of drug-likeness (QED) is 0.634. The molecule has 0 aliphatic rings. The maximum absolute atomic E-state index is 14.4. The molecule has 0 aliphatic carbocycles. The van der Waals surface area contributed by atoms with Gasteiger partial charge in [0.2, 0.25) is 11.4 Å². The van der Waals surface area contributed by atoms with E-state index in [1.807, 2.05) is 60.6 Å². The fourth-order valence-corrected chi connectivity index (χ4v) is 1.74. The number of aryl methyl sites for hydroxylation is 1. The van der Waals surface area contributed by atoms with E-state index in [0.717, 1.165) is 21.7 Å². The summed E-state index contributed by atoms with van der Waals surface area (Å²) in [5.74, 6) is 0. The van der Waals surface area contributed by atoms with Crippen molar-refractivity contribution < 1.29 is 9.27 Å². The Morgan fingerprint density at radius 1 is 0.875 bits per heavy atom. The van der Waals surface area contributed by atoms with Crippen LogP contribution in [0.15, 0.2) is 12.1 Å². The van der Waals surface area contributed by atoms with Crippen LogP contribution in [-0.4, -0.2) is 0 Å². The van der Waals surface area contributed by atoms with Crippen molar-refractivity contribution in [3.63, 3.8) is 0 Å². The summed E-state index contributed by atoms with van der Waals surface area (Å²) in [4.78, 5) is 0.854. The van der Waals surface area contributed by atoms with Crippen LogP contribution in [0, 0.1) is 6.92 Å². The molecule has 1 rings (SSSR count). The van der Waals surface area contributed by atoms with Crippen LogP contribution >= 0.6 is 0 Å². The average molecular weight is 224 g/mol. The van der Waals surface area contributed by atoms with E-state index in [4.69, 9.17) is 0 Å². The lowest BCUT2D eigenvalue weighted by Crippen LogP contribution is -2.43. The highest BCUT2D eigenvalue weighted by Gasteiger charge is 2.34. The zero-order valence-corrected chi connectivity index (χ0v) is 11.5. The lowest BCUT2D eigenvalue weighted by atomic mass is 9.86. The molecule has 0 radical (unpaired) electrons. The lowest BCUT2D eigenvalue weighted by molar-refractivity contribution is -0.859. The Bertz CT molecular complexity index is 359. The summed E-state index contributed by atoms with van der Waals surface area (Å²) in [6.07, 6.45) is 0. The minimum atomic E-state index is -0.180. The molecule has 16 heavy (non-hydrogen) atoms. The molecule has 0 fully saturated rings. The molecule has 0 bridgehead atoms. The van der Waals surface area contributed by atoms with Crippen molar-refractivity contribution in [3.8, 4) is 0 Å². The third kappa shape index (κ3) is 2.60. The fraction of sp³-hybridized carbons (Fsp3) is 0.643. The Kier molecular flexibility index (Phi) is 3.15. The van der Waals surface area contributed by atoms with Gasteiger partial charge in [0.15, 0.2) is 0 Å². The van der Waals surface area contributed by atoms with Gasteiger partial charge in [-0.2, -0.15) is 0 Å². The fourth-order valence-electron chi connectivity index (χ4n) is 1.74. The summed E-state index contributed by atoms with van der Waals surface area (Å²) in [5, 5.41) is 0. The number of hydrogen-bond donors (Lipinski definition) is 0. The zero-order valence-electron chi connectivity index (χ0n) is 11.5. The Hall–Kier alpha value is -0.920. The van der Waals surface area contributed by atoms with Crippen molar-refractivity contribution in [3.05, 3.63) is 29.1 Å². The summed E-state index contributed by atoms with van der Waals surface area (Å²) >= 11 is 0. The summed E-state index contributed by atoms with van der Waals surface area (Å²) in [5.41, 5.74) is 2.22. The van der Waals surface area contributed by atoms with Gasteiger partial charge in [0.25, 0.3) is 0 Å². The monoisotopic (exact) mass is 224 g/mol. The predicted octanol–water partition coefficient (Wildman–Crippen LogP) is 3.61. The number of aromatic nitrogens is 1. The first-order valence-electron chi connectivity index (χ1n) is 5.77. The second-order valence-electron chi connectivity index (χ2n) is 6.58. The highest BCUT2D eigenvalue weighted by Crippen LogP contribution is 2.25. The van der Waals surface area contributed by atoms with E-state index in [9.17, 15) is 4.48 Å². The lowest BCUT2D eigenvalue weighted by Gasteiger charge is -2.19. The van der Waals surface area contributed by atoms with E-state index in [0.29, 0.717) is 0 Å². The first-order valence-corrected chi connectivity index (χ1v) is 5.77. The highest BCUT2D eigenvalue weighted by atomic mass is 19.2. The summed E-state index contributed by atoms with van der Waals surface area (Å²) < 4.78 is 14.4. The molecular weight excluding hydrogens is 201 g/mol. The number of hydrogen-bond acceptors (Lipinski definition) is 0. The topological polar surface area (TPSA) is 3.88 Å². The Morgan fingerprint density at radius 2 is 1.19 bits per heavy atom. The largest absolute Gasteiger partial charge is 0.236 e. The molecular formula is C14H23FN+. The third-order valence-corrected chi connectivity index (χ3v) is 2.69. The molecule has 0 aliphatic heterocycles. The van der Waals surface area contributed by atoms with E-state index in [-0.39, 0.29) is 10.8 Å². The smallest absolute Gasteiger partial charge is 0.0501 e. The summed E-state index contributed by atoms with van der Waals surface area (Å²) in [6.45, 7) is 14.2. The molecule has 1 nitrogen and oxygen atoms in total. The Balaban J connectivity index is 3.51. The van der Waals surface area contributed by atoms with Crippen molar-refractivity contribution in [2.24, 2.45) is 0 Å². The maximum Gasteiger partial charge on any atom is 0.236 e. The van der Waals surface area contributed by atoms with Crippen LogP contribution in [0.25, 0.3) is 0 Å². The SMILES string of the molecule is Cc1cc(C(C)(C)C)[n+](F)c(C(C)(C)C)c1. The molecule has 90 valence electrons. The van der Waals surface area contributed by atoms with E-state index < -0.39 is 0 Å². The van der Waals surface area contributed by atoms with Crippen molar-refractivity contribution in [1.29, 1.82) is 0 Å². The minimum absolute atomic E-state index is 0.180. The number of pyridine rings is 1. The molecule has 0 N–H and O–H groups in total. The van der Waals surface area contributed by atoms with Gasteiger partial charge >= 0.3 is 0 Å². The molecule has 0 spiro atoms. The minimum Gasteiger partial charge on any atom is -0.0501 e. The predicted molar refractivity (Wildman–Crippen MR) is 65.3 cm³/mol. The van der Waals surface area contributed by atoms with Gasteiger partial charge in [-0.25, -0.2) is 0 Å². The first-order chi connectivity index (χ1) is 7.03. The Labute approximate surface area is 98.2 Å². The van der Waals surface area contributed by atoms with Crippen LogP contribution in [-0.2, 0) is 10.8 Å². The van der Waals surface area contributed by atoms with Gasteiger partial charge in [0.1, 0.15) is 0 Å². The molecule has 0 saturated heterocycles. The van der Waals surface area contributed by atoms with E-state index in [1.165, 1.54) is 0 Å². The standard InChI is InChI=1S/C14H23FN/c1-10-8-11(13(2,3)4)16(15)12(9-10)14(5,6)7/h8-9H,1-7H3/q+1. The normalized spacial score (nSPS) is 13.0. The van der Waals surface area contributed by atoms with Gasteiger partial charge in [-0.15, -0.1) is 0 Å². The molecule has 0 amide bonds. The van der Waals surface area contributed by atoms with Gasteiger partial charge in [0.05, 0.1) is 15.3 Å². The van der Waals surface area contributed by atoms with Gasteiger partial charge in [-0.1, -0.05) is 41.5 Å².